The summed E-state index contributed by atoms with van der Waals surface area (Å²) in [4.78, 5) is 22.5. The minimum absolute atomic E-state index is 0.108. The number of carboxylic acids is 1. The summed E-state index contributed by atoms with van der Waals surface area (Å²) in [6, 6.07) is 4.27. The van der Waals surface area contributed by atoms with Crippen LogP contribution < -0.4 is 5.32 Å². The van der Waals surface area contributed by atoms with Crippen molar-refractivity contribution in [3.05, 3.63) is 29.3 Å². The molecular formula is C13H17NO4. The molecule has 0 aliphatic carbocycles. The second-order valence-electron chi connectivity index (χ2n) is 4.20. The van der Waals surface area contributed by atoms with Crippen LogP contribution in [0.25, 0.3) is 0 Å². The van der Waals surface area contributed by atoms with E-state index in [4.69, 9.17) is 5.11 Å². The predicted octanol–water partition coefficient (Wildman–Crippen LogP) is 1.68. The van der Waals surface area contributed by atoms with E-state index >= 15 is 0 Å². The van der Waals surface area contributed by atoms with Gasteiger partial charge in [0.25, 0.3) is 5.91 Å². The van der Waals surface area contributed by atoms with Gasteiger partial charge in [0.15, 0.2) is 0 Å². The summed E-state index contributed by atoms with van der Waals surface area (Å²) in [5.41, 5.74) is 1.02. The number of aliphatic carboxylic acids is 1. The van der Waals surface area contributed by atoms with Gasteiger partial charge in [-0.3, -0.25) is 9.59 Å². The van der Waals surface area contributed by atoms with Crippen molar-refractivity contribution in [1.29, 1.82) is 0 Å². The highest BCUT2D eigenvalue weighted by Gasteiger charge is 2.17. The summed E-state index contributed by atoms with van der Waals surface area (Å²) < 4.78 is 0. The Labute approximate surface area is 105 Å². The number of phenolic OH excluding ortho intramolecular Hbond substituents is 1. The summed E-state index contributed by atoms with van der Waals surface area (Å²) >= 11 is 0. The number of carbonyl (C=O) groups is 2. The second-order valence-corrected chi connectivity index (χ2v) is 4.20. The van der Waals surface area contributed by atoms with Crippen molar-refractivity contribution in [2.24, 2.45) is 0 Å². The topological polar surface area (TPSA) is 86.6 Å². The third-order valence-corrected chi connectivity index (χ3v) is 2.65. The Morgan fingerprint density at radius 2 is 2.06 bits per heavy atom. The van der Waals surface area contributed by atoms with Crippen LogP contribution in [-0.4, -0.2) is 28.1 Å². The van der Waals surface area contributed by atoms with E-state index in [0.29, 0.717) is 6.42 Å². The zero-order valence-electron chi connectivity index (χ0n) is 10.4. The van der Waals surface area contributed by atoms with Gasteiger partial charge in [0.05, 0.1) is 12.0 Å². The Morgan fingerprint density at radius 3 is 2.61 bits per heavy atom. The van der Waals surface area contributed by atoms with Gasteiger partial charge < -0.3 is 15.5 Å². The number of amides is 1. The van der Waals surface area contributed by atoms with Gasteiger partial charge in [0, 0.05) is 6.04 Å². The average molecular weight is 251 g/mol. The predicted molar refractivity (Wildman–Crippen MR) is 66.6 cm³/mol. The Balaban J connectivity index is 2.80. The number of nitrogens with one attached hydrogen (secondary N) is 1. The Kier molecular flexibility index (Phi) is 4.71. The molecule has 1 aromatic rings. The fourth-order valence-electron chi connectivity index (χ4n) is 1.60. The van der Waals surface area contributed by atoms with Crippen molar-refractivity contribution < 1.29 is 19.8 Å². The number of hydrogen-bond acceptors (Lipinski definition) is 3. The highest BCUT2D eigenvalue weighted by atomic mass is 16.4. The molecule has 0 aliphatic rings. The van der Waals surface area contributed by atoms with E-state index in [1.807, 2.05) is 6.92 Å². The zero-order chi connectivity index (χ0) is 13.7. The molecule has 0 bridgehead atoms. The second kappa shape index (κ2) is 6.05. The van der Waals surface area contributed by atoms with E-state index in [1.54, 1.807) is 19.1 Å². The van der Waals surface area contributed by atoms with Crippen LogP contribution in [0.4, 0.5) is 0 Å². The Hall–Kier alpha value is -2.04. The normalized spacial score (nSPS) is 11.9. The van der Waals surface area contributed by atoms with Gasteiger partial charge in [0.1, 0.15) is 5.75 Å². The molecule has 0 saturated carbocycles. The number of hydrogen-bond donors (Lipinski definition) is 3. The molecule has 0 saturated heterocycles. The van der Waals surface area contributed by atoms with E-state index in [-0.39, 0.29) is 17.7 Å². The lowest BCUT2D eigenvalue weighted by Crippen LogP contribution is -2.36. The van der Waals surface area contributed by atoms with E-state index in [1.165, 1.54) is 6.07 Å². The maximum atomic E-state index is 11.9. The Morgan fingerprint density at radius 1 is 1.39 bits per heavy atom. The molecule has 1 amide bonds. The molecule has 0 aromatic heterocycles. The summed E-state index contributed by atoms with van der Waals surface area (Å²) in [6.07, 6.45) is 0.388. The van der Waals surface area contributed by atoms with Crippen LogP contribution in [0.2, 0.25) is 0 Å². The molecule has 98 valence electrons. The van der Waals surface area contributed by atoms with Crippen molar-refractivity contribution >= 4 is 11.9 Å². The minimum Gasteiger partial charge on any atom is -0.507 e. The van der Waals surface area contributed by atoms with Gasteiger partial charge in [-0.25, -0.2) is 0 Å². The number of aryl methyl sites for hydroxylation is 1. The van der Waals surface area contributed by atoms with Crippen molar-refractivity contribution in [1.82, 2.24) is 5.32 Å². The third-order valence-electron chi connectivity index (χ3n) is 2.65. The van der Waals surface area contributed by atoms with Crippen LogP contribution in [-0.2, 0) is 4.79 Å². The fraction of sp³-hybridized carbons (Fsp3) is 0.385. The first kappa shape index (κ1) is 14.0. The molecule has 0 spiro atoms. The molecule has 18 heavy (non-hydrogen) atoms. The van der Waals surface area contributed by atoms with Crippen molar-refractivity contribution in [3.63, 3.8) is 0 Å². The number of carbonyl (C=O) groups excluding carboxylic acids is 1. The van der Waals surface area contributed by atoms with E-state index in [9.17, 15) is 14.7 Å². The highest BCUT2D eigenvalue weighted by Crippen LogP contribution is 2.18. The summed E-state index contributed by atoms with van der Waals surface area (Å²) in [7, 11) is 0. The van der Waals surface area contributed by atoms with E-state index in [2.05, 4.69) is 5.32 Å². The molecule has 1 aromatic carbocycles. The average Bonchev–Trinajstić information content (AvgIpc) is 2.30. The first-order valence-electron chi connectivity index (χ1n) is 5.76. The van der Waals surface area contributed by atoms with Gasteiger partial charge in [-0.15, -0.1) is 0 Å². The Bertz CT molecular complexity index is 456. The molecule has 1 rings (SSSR count). The molecule has 1 atom stereocenters. The van der Waals surface area contributed by atoms with Gasteiger partial charge in [-0.05, 0) is 25.5 Å². The van der Waals surface area contributed by atoms with Crippen LogP contribution in [0, 0.1) is 6.92 Å². The van der Waals surface area contributed by atoms with Gasteiger partial charge >= 0.3 is 5.97 Å². The van der Waals surface area contributed by atoms with Crippen LogP contribution in [0.1, 0.15) is 35.7 Å². The smallest absolute Gasteiger partial charge is 0.305 e. The van der Waals surface area contributed by atoms with Crippen LogP contribution in [0.15, 0.2) is 18.2 Å². The fourth-order valence-corrected chi connectivity index (χ4v) is 1.60. The quantitative estimate of drug-likeness (QED) is 0.743. The SMILES string of the molecule is CCC(CC(=O)O)NC(=O)c1cc(C)ccc1O. The standard InChI is InChI=1S/C13H17NO4/c1-3-9(7-12(16)17)14-13(18)10-6-8(2)4-5-11(10)15/h4-6,9,15H,3,7H2,1-2H3,(H,14,18)(H,16,17). The molecule has 3 N–H and O–H groups in total. The molecule has 5 heteroatoms. The number of phenols is 1. The third kappa shape index (κ3) is 3.76. The monoisotopic (exact) mass is 251 g/mol. The van der Waals surface area contributed by atoms with Crippen molar-refractivity contribution in [2.75, 3.05) is 0 Å². The molecular weight excluding hydrogens is 234 g/mol. The van der Waals surface area contributed by atoms with E-state index < -0.39 is 17.9 Å². The molecule has 0 aliphatic heterocycles. The number of aromatic hydroxyl groups is 1. The largest absolute Gasteiger partial charge is 0.507 e. The molecule has 5 nitrogen and oxygen atoms in total. The van der Waals surface area contributed by atoms with Crippen LogP contribution >= 0.6 is 0 Å². The highest BCUT2D eigenvalue weighted by molar-refractivity contribution is 5.97. The molecule has 0 fully saturated rings. The molecule has 1 unspecified atom stereocenters. The van der Waals surface area contributed by atoms with Crippen molar-refractivity contribution in [2.45, 2.75) is 32.7 Å². The first-order valence-corrected chi connectivity index (χ1v) is 5.76. The van der Waals surface area contributed by atoms with Gasteiger partial charge in [0.2, 0.25) is 0 Å². The van der Waals surface area contributed by atoms with Gasteiger partial charge in [-0.2, -0.15) is 0 Å². The lowest BCUT2D eigenvalue weighted by atomic mass is 10.1. The molecule has 0 heterocycles. The van der Waals surface area contributed by atoms with Gasteiger partial charge in [-0.1, -0.05) is 18.6 Å². The maximum absolute atomic E-state index is 11.9. The number of rotatable bonds is 5. The minimum atomic E-state index is -0.962. The number of carboxylic acid groups (broad SMARTS) is 1. The van der Waals surface area contributed by atoms with E-state index in [0.717, 1.165) is 5.56 Å². The summed E-state index contributed by atoms with van der Waals surface area (Å²) in [5.74, 6) is -1.52. The van der Waals surface area contributed by atoms with Crippen LogP contribution in [0.5, 0.6) is 5.75 Å². The summed E-state index contributed by atoms with van der Waals surface area (Å²) in [6.45, 7) is 3.61. The lowest BCUT2D eigenvalue weighted by molar-refractivity contribution is -0.137. The number of benzene rings is 1. The summed E-state index contributed by atoms with van der Waals surface area (Å²) in [5, 5.41) is 20.9. The molecule has 0 radical (unpaired) electrons. The van der Waals surface area contributed by atoms with Crippen molar-refractivity contribution in [3.8, 4) is 5.75 Å². The first-order chi connectivity index (χ1) is 8.43. The maximum Gasteiger partial charge on any atom is 0.305 e. The zero-order valence-corrected chi connectivity index (χ0v) is 10.4. The lowest BCUT2D eigenvalue weighted by Gasteiger charge is -2.15. The van der Waals surface area contributed by atoms with Crippen LogP contribution in [0.3, 0.4) is 0 Å².